The fourth-order valence-corrected chi connectivity index (χ4v) is 4.27. The molecule has 2 aromatic rings. The van der Waals surface area contributed by atoms with E-state index in [4.69, 9.17) is 0 Å². The second-order valence-electron chi connectivity index (χ2n) is 7.27. The van der Waals surface area contributed by atoms with Gasteiger partial charge in [-0.25, -0.2) is 9.37 Å². The van der Waals surface area contributed by atoms with Gasteiger partial charge in [-0.15, -0.1) is 0 Å². The number of fused-ring (bicyclic) bond motifs is 1. The van der Waals surface area contributed by atoms with E-state index in [1.54, 1.807) is 30.7 Å². The topological polar surface area (TPSA) is 58.1 Å². The van der Waals surface area contributed by atoms with Crippen molar-refractivity contribution < 1.29 is 9.18 Å². The zero-order valence-electron chi connectivity index (χ0n) is 14.6. The first-order chi connectivity index (χ1) is 12.7. The smallest absolute Gasteiger partial charge is 0.222 e. The van der Waals surface area contributed by atoms with E-state index in [0.717, 1.165) is 37.3 Å². The number of aryl methyl sites for hydroxylation is 1. The van der Waals surface area contributed by atoms with Gasteiger partial charge in [0.05, 0.1) is 6.20 Å². The molecule has 0 bridgehead atoms. The predicted octanol–water partition coefficient (Wildman–Crippen LogP) is 2.90. The quantitative estimate of drug-likeness (QED) is 0.897. The minimum atomic E-state index is -0.242. The van der Waals surface area contributed by atoms with Gasteiger partial charge in [0, 0.05) is 43.9 Å². The summed E-state index contributed by atoms with van der Waals surface area (Å²) in [5.41, 5.74) is 1.00. The van der Waals surface area contributed by atoms with Gasteiger partial charge < -0.3 is 10.2 Å². The van der Waals surface area contributed by atoms with E-state index in [-0.39, 0.29) is 11.7 Å². The molecule has 1 N–H and O–H groups in total. The van der Waals surface area contributed by atoms with Crippen LogP contribution in [0.15, 0.2) is 42.9 Å². The van der Waals surface area contributed by atoms with E-state index in [9.17, 15) is 9.18 Å². The average Bonchev–Trinajstić information content (AvgIpc) is 3.24. The molecule has 4 rings (SSSR count). The van der Waals surface area contributed by atoms with Crippen LogP contribution in [0.2, 0.25) is 0 Å². The zero-order chi connectivity index (χ0) is 17.9. The third-order valence-electron chi connectivity index (χ3n) is 5.65. The summed E-state index contributed by atoms with van der Waals surface area (Å²) >= 11 is 0. The number of anilines is 1. The van der Waals surface area contributed by atoms with E-state index >= 15 is 0 Å². The van der Waals surface area contributed by atoms with Crippen LogP contribution in [0.5, 0.6) is 0 Å². The van der Waals surface area contributed by atoms with Crippen LogP contribution in [0.1, 0.15) is 24.8 Å². The van der Waals surface area contributed by atoms with Crippen molar-refractivity contribution in [2.75, 3.05) is 18.4 Å². The van der Waals surface area contributed by atoms with Crippen LogP contribution in [0, 0.1) is 17.7 Å². The molecule has 2 aliphatic rings. The van der Waals surface area contributed by atoms with Crippen molar-refractivity contribution in [2.24, 2.45) is 11.8 Å². The van der Waals surface area contributed by atoms with Crippen LogP contribution in [-0.4, -0.2) is 39.9 Å². The maximum Gasteiger partial charge on any atom is 0.222 e. The van der Waals surface area contributed by atoms with E-state index in [2.05, 4.69) is 15.3 Å². The zero-order valence-corrected chi connectivity index (χ0v) is 14.6. The number of benzene rings is 1. The molecule has 0 radical (unpaired) electrons. The Hall–Kier alpha value is -2.50. The Morgan fingerprint density at radius 3 is 2.81 bits per heavy atom. The van der Waals surface area contributed by atoms with Crippen molar-refractivity contribution in [1.29, 1.82) is 0 Å². The molecule has 1 aromatic carbocycles. The molecular formula is C20H23FN4O. The number of nitrogens with zero attached hydrogens (tertiary/aromatic N) is 3. The SMILES string of the molecule is O=C(CCc1ccc(F)cc1)N1C[C@H]2CC[C@@H](Nc3cnccn3)[C@H]2C1. The minimum absolute atomic E-state index is 0.196. The lowest BCUT2D eigenvalue weighted by Gasteiger charge is -2.22. The van der Waals surface area contributed by atoms with E-state index in [0.29, 0.717) is 30.7 Å². The summed E-state index contributed by atoms with van der Waals surface area (Å²) in [6.07, 6.45) is 8.50. The van der Waals surface area contributed by atoms with Crippen molar-refractivity contribution in [3.63, 3.8) is 0 Å². The van der Waals surface area contributed by atoms with Crippen LogP contribution >= 0.6 is 0 Å². The molecule has 6 heteroatoms. The fourth-order valence-electron chi connectivity index (χ4n) is 4.27. The molecule has 1 saturated carbocycles. The molecule has 2 heterocycles. The molecule has 1 aromatic heterocycles. The van der Waals surface area contributed by atoms with Crippen molar-refractivity contribution in [3.05, 3.63) is 54.2 Å². The maximum atomic E-state index is 13.0. The van der Waals surface area contributed by atoms with E-state index in [1.165, 1.54) is 12.1 Å². The van der Waals surface area contributed by atoms with Gasteiger partial charge in [0.15, 0.2) is 0 Å². The molecule has 0 spiro atoms. The Bertz CT molecular complexity index is 752. The third kappa shape index (κ3) is 3.69. The number of likely N-dealkylation sites (tertiary alicyclic amines) is 1. The third-order valence-corrected chi connectivity index (χ3v) is 5.65. The number of nitrogens with one attached hydrogen (secondary N) is 1. The largest absolute Gasteiger partial charge is 0.366 e. The lowest BCUT2D eigenvalue weighted by atomic mass is 9.98. The summed E-state index contributed by atoms with van der Waals surface area (Å²) in [6, 6.07) is 6.75. The maximum absolute atomic E-state index is 13.0. The first-order valence-corrected chi connectivity index (χ1v) is 9.24. The number of hydrogen-bond acceptors (Lipinski definition) is 4. The Morgan fingerprint density at radius 1 is 1.19 bits per heavy atom. The lowest BCUT2D eigenvalue weighted by molar-refractivity contribution is -0.130. The number of halogens is 1. The molecule has 1 aliphatic heterocycles. The standard InChI is InChI=1S/C20H23FN4O/c21-16-5-1-14(2-6-16)3-8-20(26)25-12-15-4-7-18(17(15)13-25)24-19-11-22-9-10-23-19/h1-2,5-6,9-11,15,17-18H,3-4,7-8,12-13H2,(H,23,24)/t15-,17+,18-/m1/s1. The molecule has 1 saturated heterocycles. The van der Waals surface area contributed by atoms with Crippen LogP contribution in [0.25, 0.3) is 0 Å². The van der Waals surface area contributed by atoms with Gasteiger partial charge in [0.2, 0.25) is 5.91 Å². The molecule has 3 atom stereocenters. The summed E-state index contributed by atoms with van der Waals surface area (Å²) < 4.78 is 13.0. The minimum Gasteiger partial charge on any atom is -0.366 e. The van der Waals surface area contributed by atoms with Gasteiger partial charge in [0.25, 0.3) is 0 Å². The van der Waals surface area contributed by atoms with Crippen LogP contribution < -0.4 is 5.32 Å². The summed E-state index contributed by atoms with van der Waals surface area (Å²) in [5, 5.41) is 3.49. The van der Waals surface area contributed by atoms with Crippen molar-refractivity contribution in [1.82, 2.24) is 14.9 Å². The summed E-state index contributed by atoms with van der Waals surface area (Å²) in [7, 11) is 0. The Balaban J connectivity index is 1.31. The predicted molar refractivity (Wildman–Crippen MR) is 97.0 cm³/mol. The number of rotatable bonds is 5. The van der Waals surface area contributed by atoms with Crippen molar-refractivity contribution in [2.45, 2.75) is 31.7 Å². The van der Waals surface area contributed by atoms with Crippen LogP contribution in [0.4, 0.5) is 10.2 Å². The second-order valence-corrected chi connectivity index (χ2v) is 7.27. The number of hydrogen-bond donors (Lipinski definition) is 1. The highest BCUT2D eigenvalue weighted by Crippen LogP contribution is 2.39. The van der Waals surface area contributed by atoms with Gasteiger partial charge >= 0.3 is 0 Å². The first kappa shape index (κ1) is 16.9. The van der Waals surface area contributed by atoms with Gasteiger partial charge in [0.1, 0.15) is 11.6 Å². The Kier molecular flexibility index (Phi) is 4.82. The van der Waals surface area contributed by atoms with Crippen LogP contribution in [0.3, 0.4) is 0 Å². The molecule has 0 unspecified atom stereocenters. The summed E-state index contributed by atoms with van der Waals surface area (Å²) in [5.74, 6) is 1.81. The Labute approximate surface area is 152 Å². The number of aromatic nitrogens is 2. The molecule has 26 heavy (non-hydrogen) atoms. The fraction of sp³-hybridized carbons (Fsp3) is 0.450. The normalized spacial score (nSPS) is 24.5. The van der Waals surface area contributed by atoms with E-state index in [1.807, 2.05) is 4.90 Å². The van der Waals surface area contributed by atoms with Gasteiger partial charge in [-0.1, -0.05) is 12.1 Å². The highest BCUT2D eigenvalue weighted by atomic mass is 19.1. The first-order valence-electron chi connectivity index (χ1n) is 9.24. The van der Waals surface area contributed by atoms with Crippen molar-refractivity contribution in [3.8, 4) is 0 Å². The number of amides is 1. The highest BCUT2D eigenvalue weighted by Gasteiger charge is 2.43. The molecular weight excluding hydrogens is 331 g/mol. The number of carbonyl (C=O) groups is 1. The highest BCUT2D eigenvalue weighted by molar-refractivity contribution is 5.76. The molecule has 1 aliphatic carbocycles. The van der Waals surface area contributed by atoms with Gasteiger partial charge in [-0.2, -0.15) is 0 Å². The molecule has 2 fully saturated rings. The van der Waals surface area contributed by atoms with Gasteiger partial charge in [-0.3, -0.25) is 9.78 Å². The molecule has 5 nitrogen and oxygen atoms in total. The lowest BCUT2D eigenvalue weighted by Crippen LogP contribution is -2.33. The van der Waals surface area contributed by atoms with Gasteiger partial charge in [-0.05, 0) is 42.9 Å². The van der Waals surface area contributed by atoms with Crippen molar-refractivity contribution >= 4 is 11.7 Å². The van der Waals surface area contributed by atoms with E-state index < -0.39 is 0 Å². The van der Waals surface area contributed by atoms with Crippen LogP contribution in [-0.2, 0) is 11.2 Å². The summed E-state index contributed by atoms with van der Waals surface area (Å²) in [6.45, 7) is 1.66. The molecule has 1 amide bonds. The second kappa shape index (κ2) is 7.40. The average molecular weight is 354 g/mol. The molecule has 136 valence electrons. The monoisotopic (exact) mass is 354 g/mol. The number of carbonyl (C=O) groups excluding carboxylic acids is 1. The Morgan fingerprint density at radius 2 is 2.04 bits per heavy atom. The summed E-state index contributed by atoms with van der Waals surface area (Å²) in [4.78, 5) is 23.0.